The van der Waals surface area contributed by atoms with Gasteiger partial charge in [0.1, 0.15) is 11.5 Å². The topological polar surface area (TPSA) is 67.9 Å². The zero-order valence-electron chi connectivity index (χ0n) is 17.4. The zero-order chi connectivity index (χ0) is 21.0. The molecule has 0 radical (unpaired) electrons. The molecule has 0 aliphatic carbocycles. The molecule has 2 aromatic carbocycles. The summed E-state index contributed by atoms with van der Waals surface area (Å²) in [6.07, 6.45) is 0.676. The summed E-state index contributed by atoms with van der Waals surface area (Å²) in [6.45, 7) is 6.59. The van der Waals surface area contributed by atoms with Crippen LogP contribution >= 0.6 is 0 Å². The minimum absolute atomic E-state index is 0.0634. The highest BCUT2D eigenvalue weighted by Gasteiger charge is 2.25. The highest BCUT2D eigenvalue weighted by molar-refractivity contribution is 5.99. The van der Waals surface area contributed by atoms with E-state index in [1.165, 1.54) is 0 Å². The number of carbonyl (C=O) groups excluding carboxylic acids is 2. The molecule has 1 aliphatic heterocycles. The summed E-state index contributed by atoms with van der Waals surface area (Å²) in [6, 6.07) is 13.1. The first-order valence-electron chi connectivity index (χ1n) is 9.95. The van der Waals surface area contributed by atoms with Crippen molar-refractivity contribution in [2.75, 3.05) is 23.9 Å². The van der Waals surface area contributed by atoms with Gasteiger partial charge in [-0.3, -0.25) is 9.59 Å². The van der Waals surface area contributed by atoms with Gasteiger partial charge in [-0.2, -0.15) is 0 Å². The number of nitrogens with zero attached hydrogens (tertiary/aromatic N) is 1. The zero-order valence-corrected chi connectivity index (χ0v) is 17.4. The van der Waals surface area contributed by atoms with Crippen molar-refractivity contribution in [3.63, 3.8) is 0 Å². The van der Waals surface area contributed by atoms with Gasteiger partial charge in [-0.1, -0.05) is 26.0 Å². The van der Waals surface area contributed by atoms with E-state index in [1.54, 1.807) is 37.1 Å². The molecule has 0 aromatic heterocycles. The molecule has 0 bridgehead atoms. The van der Waals surface area contributed by atoms with Crippen molar-refractivity contribution in [3.8, 4) is 11.5 Å². The lowest BCUT2D eigenvalue weighted by atomic mass is 10.0. The molecule has 0 spiro atoms. The SMILES string of the molecule is COc1ccc(NC(=O)C(C)Oc2cccc(C(C)C)c2)cc1N1CCCC1=O. The van der Waals surface area contributed by atoms with Crippen LogP contribution in [-0.4, -0.2) is 31.6 Å². The second kappa shape index (κ2) is 8.99. The number of anilines is 2. The van der Waals surface area contributed by atoms with Crippen LogP contribution in [0.4, 0.5) is 11.4 Å². The molecule has 29 heavy (non-hydrogen) atoms. The molecule has 154 valence electrons. The maximum absolute atomic E-state index is 12.6. The standard InChI is InChI=1S/C23H28N2O4/c1-15(2)17-7-5-8-19(13-17)29-16(3)23(27)24-18-10-11-21(28-4)20(14-18)25-12-6-9-22(25)26/h5,7-8,10-11,13-16H,6,9,12H2,1-4H3,(H,24,27). The Balaban J connectivity index is 1.71. The largest absolute Gasteiger partial charge is 0.495 e. The van der Waals surface area contributed by atoms with Crippen molar-refractivity contribution in [2.45, 2.75) is 45.6 Å². The molecule has 0 saturated carbocycles. The minimum atomic E-state index is -0.670. The number of nitrogens with one attached hydrogen (secondary N) is 1. The number of rotatable bonds is 7. The highest BCUT2D eigenvalue weighted by atomic mass is 16.5. The Morgan fingerprint density at radius 2 is 1.93 bits per heavy atom. The molecule has 1 aliphatic rings. The van der Waals surface area contributed by atoms with E-state index in [0.29, 0.717) is 41.8 Å². The van der Waals surface area contributed by atoms with E-state index in [1.807, 2.05) is 24.3 Å². The summed E-state index contributed by atoms with van der Waals surface area (Å²) in [7, 11) is 1.57. The first-order chi connectivity index (χ1) is 13.9. The lowest BCUT2D eigenvalue weighted by Crippen LogP contribution is -2.30. The highest BCUT2D eigenvalue weighted by Crippen LogP contribution is 2.34. The molecule has 1 N–H and O–H groups in total. The molecule has 1 unspecified atom stereocenters. The minimum Gasteiger partial charge on any atom is -0.495 e. The quantitative estimate of drug-likeness (QED) is 0.755. The van der Waals surface area contributed by atoms with Gasteiger partial charge in [-0.15, -0.1) is 0 Å². The molecular weight excluding hydrogens is 368 g/mol. The first kappa shape index (κ1) is 20.7. The Bertz CT molecular complexity index is 894. The van der Waals surface area contributed by atoms with Crippen LogP contribution in [-0.2, 0) is 9.59 Å². The van der Waals surface area contributed by atoms with Crippen molar-refractivity contribution in [1.82, 2.24) is 0 Å². The molecule has 6 heteroatoms. The van der Waals surface area contributed by atoms with E-state index < -0.39 is 6.10 Å². The Labute approximate surface area is 171 Å². The number of amides is 2. The van der Waals surface area contributed by atoms with Gasteiger partial charge in [0.15, 0.2) is 6.10 Å². The number of hydrogen-bond donors (Lipinski definition) is 1. The summed E-state index contributed by atoms with van der Waals surface area (Å²) in [5, 5.41) is 2.87. The van der Waals surface area contributed by atoms with Gasteiger partial charge in [-0.05, 0) is 55.2 Å². The number of benzene rings is 2. The predicted octanol–water partition coefficient (Wildman–Crippen LogP) is 4.35. The van der Waals surface area contributed by atoms with Gasteiger partial charge in [0, 0.05) is 18.7 Å². The second-order valence-electron chi connectivity index (χ2n) is 7.51. The van der Waals surface area contributed by atoms with Gasteiger partial charge in [0.05, 0.1) is 12.8 Å². The fourth-order valence-electron chi connectivity index (χ4n) is 3.33. The van der Waals surface area contributed by atoms with Crippen LogP contribution in [0.5, 0.6) is 11.5 Å². The van der Waals surface area contributed by atoms with Gasteiger partial charge >= 0.3 is 0 Å². The normalized spacial score (nSPS) is 14.8. The maximum Gasteiger partial charge on any atom is 0.265 e. The van der Waals surface area contributed by atoms with Gasteiger partial charge in [-0.25, -0.2) is 0 Å². The number of ether oxygens (including phenoxy) is 2. The van der Waals surface area contributed by atoms with Crippen LogP contribution in [0.2, 0.25) is 0 Å². The van der Waals surface area contributed by atoms with E-state index in [9.17, 15) is 9.59 Å². The summed E-state index contributed by atoms with van der Waals surface area (Å²) in [5.74, 6) is 1.45. The van der Waals surface area contributed by atoms with Crippen molar-refractivity contribution in [3.05, 3.63) is 48.0 Å². The van der Waals surface area contributed by atoms with Crippen molar-refractivity contribution >= 4 is 23.2 Å². The average Bonchev–Trinajstić information content (AvgIpc) is 3.13. The summed E-state index contributed by atoms with van der Waals surface area (Å²) < 4.78 is 11.2. The fraction of sp³-hybridized carbons (Fsp3) is 0.391. The lowest BCUT2D eigenvalue weighted by molar-refractivity contribution is -0.122. The third-order valence-electron chi connectivity index (χ3n) is 5.02. The Morgan fingerprint density at radius 3 is 2.59 bits per heavy atom. The molecule has 3 rings (SSSR count). The number of methoxy groups -OCH3 is 1. The van der Waals surface area contributed by atoms with E-state index in [0.717, 1.165) is 12.0 Å². The van der Waals surface area contributed by atoms with Crippen LogP contribution in [0, 0.1) is 0 Å². The van der Waals surface area contributed by atoms with Gasteiger partial charge in [0.2, 0.25) is 5.91 Å². The van der Waals surface area contributed by atoms with Crippen molar-refractivity contribution < 1.29 is 19.1 Å². The van der Waals surface area contributed by atoms with E-state index >= 15 is 0 Å². The fourth-order valence-corrected chi connectivity index (χ4v) is 3.33. The van der Waals surface area contributed by atoms with E-state index in [-0.39, 0.29) is 11.8 Å². The van der Waals surface area contributed by atoms with Crippen LogP contribution in [0.15, 0.2) is 42.5 Å². The molecular formula is C23H28N2O4. The Morgan fingerprint density at radius 1 is 1.14 bits per heavy atom. The summed E-state index contributed by atoms with van der Waals surface area (Å²) in [4.78, 5) is 26.5. The molecule has 1 atom stereocenters. The van der Waals surface area contributed by atoms with Crippen molar-refractivity contribution in [1.29, 1.82) is 0 Å². The third kappa shape index (κ3) is 4.88. The van der Waals surface area contributed by atoms with Crippen LogP contribution in [0.1, 0.15) is 45.1 Å². The van der Waals surface area contributed by atoms with E-state index in [4.69, 9.17) is 9.47 Å². The van der Waals surface area contributed by atoms with Crippen LogP contribution in [0.3, 0.4) is 0 Å². The molecule has 1 heterocycles. The smallest absolute Gasteiger partial charge is 0.265 e. The Hall–Kier alpha value is -3.02. The van der Waals surface area contributed by atoms with Crippen LogP contribution < -0.4 is 19.7 Å². The van der Waals surface area contributed by atoms with Gasteiger partial charge in [0.25, 0.3) is 5.91 Å². The molecule has 2 aromatic rings. The maximum atomic E-state index is 12.6. The second-order valence-corrected chi connectivity index (χ2v) is 7.51. The number of hydrogen-bond acceptors (Lipinski definition) is 4. The van der Waals surface area contributed by atoms with Gasteiger partial charge < -0.3 is 19.7 Å². The molecule has 1 saturated heterocycles. The number of carbonyl (C=O) groups is 2. The summed E-state index contributed by atoms with van der Waals surface area (Å²) in [5.41, 5.74) is 2.42. The third-order valence-corrected chi connectivity index (χ3v) is 5.02. The predicted molar refractivity (Wildman–Crippen MR) is 114 cm³/mol. The van der Waals surface area contributed by atoms with Crippen molar-refractivity contribution in [2.24, 2.45) is 0 Å². The van der Waals surface area contributed by atoms with E-state index in [2.05, 4.69) is 19.2 Å². The summed E-state index contributed by atoms with van der Waals surface area (Å²) >= 11 is 0. The van der Waals surface area contributed by atoms with Crippen LogP contribution in [0.25, 0.3) is 0 Å². The monoisotopic (exact) mass is 396 g/mol. The average molecular weight is 396 g/mol. The Kier molecular flexibility index (Phi) is 6.42. The first-order valence-corrected chi connectivity index (χ1v) is 9.95. The lowest BCUT2D eigenvalue weighted by Gasteiger charge is -2.21. The molecule has 2 amide bonds. The molecule has 1 fully saturated rings. The molecule has 6 nitrogen and oxygen atoms in total.